The van der Waals surface area contributed by atoms with Gasteiger partial charge in [0.1, 0.15) is 5.82 Å². The van der Waals surface area contributed by atoms with E-state index in [1.807, 2.05) is 0 Å². The lowest BCUT2D eigenvalue weighted by Gasteiger charge is -2.21. The standard InChI is InChI=1S/C13H17ClFNO2S/c1-3-16(11-4-5-11)19(17,18)13-7-10(8-14)6-12(15)9(13)2/h6-7,11H,3-5,8H2,1-2H3. The zero-order valence-electron chi connectivity index (χ0n) is 11.0. The molecule has 1 aromatic rings. The molecule has 3 nitrogen and oxygen atoms in total. The second-order valence-corrected chi connectivity index (χ2v) is 6.90. The molecule has 0 atom stereocenters. The maximum absolute atomic E-state index is 13.8. The Morgan fingerprint density at radius 1 is 1.42 bits per heavy atom. The summed E-state index contributed by atoms with van der Waals surface area (Å²) >= 11 is 5.69. The fraction of sp³-hybridized carbons (Fsp3) is 0.538. The third-order valence-electron chi connectivity index (χ3n) is 3.36. The Bertz CT molecular complexity index is 585. The van der Waals surface area contributed by atoms with Crippen LogP contribution in [0.25, 0.3) is 0 Å². The molecule has 0 amide bonds. The summed E-state index contributed by atoms with van der Waals surface area (Å²) < 4.78 is 40.5. The Balaban J connectivity index is 2.53. The highest BCUT2D eigenvalue weighted by Crippen LogP contribution is 2.33. The first-order valence-electron chi connectivity index (χ1n) is 6.28. The number of hydrogen-bond acceptors (Lipinski definition) is 2. The van der Waals surface area contributed by atoms with E-state index in [1.54, 1.807) is 6.92 Å². The molecule has 1 saturated carbocycles. The topological polar surface area (TPSA) is 37.4 Å². The fourth-order valence-corrected chi connectivity index (χ4v) is 4.30. The van der Waals surface area contributed by atoms with Crippen molar-refractivity contribution in [3.63, 3.8) is 0 Å². The molecule has 6 heteroatoms. The number of sulfonamides is 1. The van der Waals surface area contributed by atoms with E-state index in [0.717, 1.165) is 12.8 Å². The molecule has 1 aromatic carbocycles. The van der Waals surface area contributed by atoms with E-state index < -0.39 is 15.8 Å². The molecule has 19 heavy (non-hydrogen) atoms. The van der Waals surface area contributed by atoms with Crippen LogP contribution in [-0.2, 0) is 15.9 Å². The average Bonchev–Trinajstić information content (AvgIpc) is 3.17. The SMILES string of the molecule is CCN(C1CC1)S(=O)(=O)c1cc(CCl)cc(F)c1C. The molecule has 0 aliphatic heterocycles. The van der Waals surface area contributed by atoms with Crippen LogP contribution in [0.2, 0.25) is 0 Å². The molecule has 0 unspecified atom stereocenters. The van der Waals surface area contributed by atoms with E-state index in [4.69, 9.17) is 11.6 Å². The van der Waals surface area contributed by atoms with Gasteiger partial charge in [0.25, 0.3) is 0 Å². The van der Waals surface area contributed by atoms with Crippen molar-refractivity contribution in [2.75, 3.05) is 6.54 Å². The maximum atomic E-state index is 13.8. The van der Waals surface area contributed by atoms with Crippen molar-refractivity contribution in [1.82, 2.24) is 4.31 Å². The third-order valence-corrected chi connectivity index (χ3v) is 5.83. The van der Waals surface area contributed by atoms with Crippen LogP contribution < -0.4 is 0 Å². The summed E-state index contributed by atoms with van der Waals surface area (Å²) in [5.74, 6) is -0.432. The molecule has 0 radical (unpaired) electrons. The molecular weight excluding hydrogens is 289 g/mol. The zero-order valence-corrected chi connectivity index (χ0v) is 12.6. The Morgan fingerprint density at radius 3 is 2.53 bits per heavy atom. The Labute approximate surface area is 118 Å². The van der Waals surface area contributed by atoms with Gasteiger partial charge in [0.2, 0.25) is 10.0 Å². The maximum Gasteiger partial charge on any atom is 0.243 e. The lowest BCUT2D eigenvalue weighted by Crippen LogP contribution is -2.33. The summed E-state index contributed by atoms with van der Waals surface area (Å²) in [7, 11) is -3.64. The highest BCUT2D eigenvalue weighted by molar-refractivity contribution is 7.89. The minimum Gasteiger partial charge on any atom is -0.207 e. The van der Waals surface area contributed by atoms with Crippen LogP contribution in [0.1, 0.15) is 30.9 Å². The third kappa shape index (κ3) is 2.78. The molecule has 106 valence electrons. The minimum atomic E-state index is -3.64. The van der Waals surface area contributed by atoms with Crippen LogP contribution in [-0.4, -0.2) is 25.3 Å². The van der Waals surface area contributed by atoms with E-state index >= 15 is 0 Å². The molecule has 2 rings (SSSR count). The first-order chi connectivity index (χ1) is 8.91. The monoisotopic (exact) mass is 305 g/mol. The summed E-state index contributed by atoms with van der Waals surface area (Å²) in [6.45, 7) is 3.69. The summed E-state index contributed by atoms with van der Waals surface area (Å²) in [6, 6.07) is 2.83. The van der Waals surface area contributed by atoms with Crippen LogP contribution in [0, 0.1) is 12.7 Å². The Kier molecular flexibility index (Phi) is 4.18. The number of halogens is 2. The van der Waals surface area contributed by atoms with Gasteiger partial charge >= 0.3 is 0 Å². The lowest BCUT2D eigenvalue weighted by atomic mass is 10.1. The first-order valence-corrected chi connectivity index (χ1v) is 8.26. The molecule has 1 fully saturated rings. The van der Waals surface area contributed by atoms with Gasteiger partial charge in [-0.3, -0.25) is 0 Å². The van der Waals surface area contributed by atoms with Gasteiger partial charge in [-0.1, -0.05) is 6.92 Å². The molecule has 0 aromatic heterocycles. The van der Waals surface area contributed by atoms with Crippen LogP contribution in [0.5, 0.6) is 0 Å². The van der Waals surface area contributed by atoms with Gasteiger partial charge in [-0.2, -0.15) is 4.31 Å². The van der Waals surface area contributed by atoms with Crippen LogP contribution in [0.3, 0.4) is 0 Å². The van der Waals surface area contributed by atoms with Gasteiger partial charge in [-0.25, -0.2) is 12.8 Å². The fourth-order valence-electron chi connectivity index (χ4n) is 2.17. The van der Waals surface area contributed by atoms with E-state index in [1.165, 1.54) is 23.4 Å². The molecule has 1 aliphatic carbocycles. The predicted molar refractivity (Wildman–Crippen MR) is 73.3 cm³/mol. The number of hydrogen-bond donors (Lipinski definition) is 0. The normalized spacial score (nSPS) is 16.1. The smallest absolute Gasteiger partial charge is 0.207 e. The second-order valence-electron chi connectivity index (χ2n) is 4.77. The molecule has 0 heterocycles. The highest BCUT2D eigenvalue weighted by atomic mass is 35.5. The summed E-state index contributed by atoms with van der Waals surface area (Å²) in [5.41, 5.74) is 0.642. The highest BCUT2D eigenvalue weighted by Gasteiger charge is 2.37. The van der Waals surface area contributed by atoms with E-state index in [0.29, 0.717) is 12.1 Å². The van der Waals surface area contributed by atoms with Gasteiger partial charge in [0.15, 0.2) is 0 Å². The second kappa shape index (κ2) is 5.38. The van der Waals surface area contributed by atoms with Crippen molar-refractivity contribution in [3.8, 4) is 0 Å². The van der Waals surface area contributed by atoms with Crippen LogP contribution >= 0.6 is 11.6 Å². The summed E-state index contributed by atoms with van der Waals surface area (Å²) in [6.07, 6.45) is 1.76. The molecule has 0 bridgehead atoms. The van der Waals surface area contributed by atoms with Crippen molar-refractivity contribution >= 4 is 21.6 Å². The molecule has 1 aliphatic rings. The van der Waals surface area contributed by atoms with Crippen molar-refractivity contribution in [1.29, 1.82) is 0 Å². The van der Waals surface area contributed by atoms with Crippen molar-refractivity contribution in [2.24, 2.45) is 0 Å². The quantitative estimate of drug-likeness (QED) is 0.784. The van der Waals surface area contributed by atoms with Crippen LogP contribution in [0.4, 0.5) is 4.39 Å². The van der Waals surface area contributed by atoms with Gasteiger partial charge in [0.05, 0.1) is 4.90 Å². The van der Waals surface area contributed by atoms with Gasteiger partial charge < -0.3 is 0 Å². The van der Waals surface area contributed by atoms with Crippen molar-refractivity contribution < 1.29 is 12.8 Å². The minimum absolute atomic E-state index is 0.0388. The lowest BCUT2D eigenvalue weighted by molar-refractivity contribution is 0.420. The molecule has 0 saturated heterocycles. The van der Waals surface area contributed by atoms with Gasteiger partial charge in [-0.15, -0.1) is 11.6 Å². The van der Waals surface area contributed by atoms with Crippen molar-refractivity contribution in [3.05, 3.63) is 29.1 Å². The number of benzene rings is 1. The summed E-state index contributed by atoms with van der Waals surface area (Å²) in [5, 5.41) is 0. The Hall–Kier alpha value is -0.650. The largest absolute Gasteiger partial charge is 0.243 e. The molecule has 0 N–H and O–H groups in total. The zero-order chi connectivity index (χ0) is 14.2. The van der Waals surface area contributed by atoms with Crippen molar-refractivity contribution in [2.45, 2.75) is 43.5 Å². The number of alkyl halides is 1. The molecular formula is C13H17ClFNO2S. The number of nitrogens with zero attached hydrogens (tertiary/aromatic N) is 1. The predicted octanol–water partition coefficient (Wildman–Crippen LogP) is 3.05. The van der Waals surface area contributed by atoms with E-state index in [2.05, 4.69) is 0 Å². The van der Waals surface area contributed by atoms with Crippen LogP contribution in [0.15, 0.2) is 17.0 Å². The Morgan fingerprint density at radius 2 is 2.05 bits per heavy atom. The van der Waals surface area contributed by atoms with E-state index in [-0.39, 0.29) is 22.4 Å². The molecule has 0 spiro atoms. The van der Waals surface area contributed by atoms with E-state index in [9.17, 15) is 12.8 Å². The average molecular weight is 306 g/mol. The van der Waals surface area contributed by atoms with Gasteiger partial charge in [0, 0.05) is 24.0 Å². The number of rotatable bonds is 5. The van der Waals surface area contributed by atoms with Gasteiger partial charge in [-0.05, 0) is 37.5 Å². The first kappa shape index (κ1) is 14.8. The summed E-state index contributed by atoms with van der Waals surface area (Å²) in [4.78, 5) is 0.0388.